The lowest BCUT2D eigenvalue weighted by Crippen LogP contribution is -2.33. The highest BCUT2D eigenvalue weighted by Gasteiger charge is 2.36. The first-order chi connectivity index (χ1) is 9.32. The fourth-order valence-electron chi connectivity index (χ4n) is 2.42. The van der Waals surface area contributed by atoms with Gasteiger partial charge < -0.3 is 15.1 Å². The Balaban J connectivity index is 2.32. The molecule has 4 nitrogen and oxygen atoms in total. The van der Waals surface area contributed by atoms with Crippen molar-refractivity contribution in [3.8, 4) is 0 Å². The average molecular weight is 289 g/mol. The molecule has 1 fully saturated rings. The second-order valence-electron chi connectivity index (χ2n) is 4.73. The van der Waals surface area contributed by atoms with Crippen LogP contribution in [0.15, 0.2) is 24.3 Å². The Hall–Kier alpha value is -1.60. The van der Waals surface area contributed by atoms with E-state index in [1.807, 2.05) is 0 Å². The van der Waals surface area contributed by atoms with Crippen molar-refractivity contribution in [3.05, 3.63) is 35.4 Å². The molecule has 0 bridgehead atoms. The van der Waals surface area contributed by atoms with Crippen molar-refractivity contribution in [3.63, 3.8) is 0 Å². The third-order valence-electron chi connectivity index (χ3n) is 3.33. The summed E-state index contributed by atoms with van der Waals surface area (Å²) in [4.78, 5) is 12.8. The molecule has 0 saturated carbocycles. The maximum atomic E-state index is 12.7. The minimum Gasteiger partial charge on any atom is -0.391 e. The summed E-state index contributed by atoms with van der Waals surface area (Å²) in [6, 6.07) is 4.03. The minimum absolute atomic E-state index is 0.0142. The van der Waals surface area contributed by atoms with Crippen LogP contribution in [0.2, 0.25) is 0 Å². The third-order valence-corrected chi connectivity index (χ3v) is 3.33. The van der Waals surface area contributed by atoms with Crippen LogP contribution in [0.3, 0.4) is 0 Å². The Morgan fingerprint density at radius 2 is 2.10 bits per heavy atom. The molecular weight excluding hydrogens is 275 g/mol. The van der Waals surface area contributed by atoms with E-state index in [-0.39, 0.29) is 13.0 Å². The molecule has 0 spiro atoms. The molecule has 1 aromatic rings. The predicted octanol–water partition coefficient (Wildman–Crippen LogP) is 1.33. The van der Waals surface area contributed by atoms with E-state index in [1.165, 1.54) is 17.0 Å². The van der Waals surface area contributed by atoms with Crippen LogP contribution in [0.25, 0.3) is 0 Å². The van der Waals surface area contributed by atoms with Crippen molar-refractivity contribution in [2.75, 3.05) is 13.2 Å². The summed E-state index contributed by atoms with van der Waals surface area (Å²) in [5.74, 6) is -0.607. The van der Waals surface area contributed by atoms with Gasteiger partial charge in [-0.3, -0.25) is 4.79 Å². The molecule has 0 aromatic heterocycles. The highest BCUT2D eigenvalue weighted by molar-refractivity contribution is 5.78. The van der Waals surface area contributed by atoms with Gasteiger partial charge in [-0.05, 0) is 24.1 Å². The zero-order valence-electron chi connectivity index (χ0n) is 10.5. The number of carbonyl (C=O) groups excluding carboxylic acids is 1. The molecule has 20 heavy (non-hydrogen) atoms. The molecule has 1 heterocycles. The van der Waals surface area contributed by atoms with Crippen molar-refractivity contribution in [1.82, 2.24) is 4.90 Å². The molecule has 1 aliphatic rings. The second kappa shape index (κ2) is 5.41. The van der Waals surface area contributed by atoms with Gasteiger partial charge in [0, 0.05) is 6.54 Å². The monoisotopic (exact) mass is 289 g/mol. The highest BCUT2D eigenvalue weighted by atomic mass is 19.4. The van der Waals surface area contributed by atoms with Gasteiger partial charge in [-0.1, -0.05) is 12.1 Å². The smallest absolute Gasteiger partial charge is 0.391 e. The number of nitrogens with zero attached hydrogens (tertiary/aromatic N) is 1. The molecule has 7 heteroatoms. The number of alkyl halides is 3. The van der Waals surface area contributed by atoms with E-state index < -0.39 is 36.4 Å². The van der Waals surface area contributed by atoms with Crippen LogP contribution in [-0.4, -0.2) is 40.3 Å². The molecule has 0 unspecified atom stereocenters. The van der Waals surface area contributed by atoms with Gasteiger partial charge in [0.15, 0.2) is 0 Å². The number of β-amino-alcohol motifs (C(OH)–C–C–N with tert-alkyl or cyclic N) is 1. The number of hydrogen-bond donors (Lipinski definition) is 2. The Morgan fingerprint density at radius 1 is 1.40 bits per heavy atom. The van der Waals surface area contributed by atoms with Gasteiger partial charge in [-0.2, -0.15) is 13.2 Å². The van der Waals surface area contributed by atoms with Crippen molar-refractivity contribution in [1.29, 1.82) is 0 Å². The number of hydrogen-bond acceptors (Lipinski definition) is 3. The molecule has 1 amide bonds. The zero-order valence-corrected chi connectivity index (χ0v) is 10.5. The van der Waals surface area contributed by atoms with Gasteiger partial charge in [0.05, 0.1) is 17.7 Å². The van der Waals surface area contributed by atoms with Gasteiger partial charge in [0.1, 0.15) is 6.61 Å². The fourth-order valence-corrected chi connectivity index (χ4v) is 2.42. The van der Waals surface area contributed by atoms with E-state index >= 15 is 0 Å². The number of aliphatic hydroxyl groups excluding tert-OH is 2. The van der Waals surface area contributed by atoms with Gasteiger partial charge >= 0.3 is 6.18 Å². The Bertz CT molecular complexity index is 504. The molecule has 110 valence electrons. The molecule has 2 rings (SSSR count). The number of carbonyl (C=O) groups is 1. The maximum absolute atomic E-state index is 12.7. The summed E-state index contributed by atoms with van der Waals surface area (Å²) in [5.41, 5.74) is -0.494. The number of likely N-dealkylation sites (tertiary alicyclic amines) is 1. The lowest BCUT2D eigenvalue weighted by molar-refractivity contribution is -0.137. The van der Waals surface area contributed by atoms with Crippen LogP contribution in [0.5, 0.6) is 0 Å². The first kappa shape index (κ1) is 14.8. The van der Waals surface area contributed by atoms with Crippen molar-refractivity contribution in [2.45, 2.75) is 24.7 Å². The largest absolute Gasteiger partial charge is 0.416 e. The molecule has 1 saturated heterocycles. The topological polar surface area (TPSA) is 60.8 Å². The first-order valence-corrected chi connectivity index (χ1v) is 6.08. The van der Waals surface area contributed by atoms with E-state index in [2.05, 4.69) is 0 Å². The van der Waals surface area contributed by atoms with E-state index in [1.54, 1.807) is 0 Å². The lowest BCUT2D eigenvalue weighted by Gasteiger charge is -2.24. The second-order valence-corrected chi connectivity index (χ2v) is 4.73. The maximum Gasteiger partial charge on any atom is 0.416 e. The molecular formula is C13H14F3NO3. The number of amides is 1. The molecule has 0 aliphatic carbocycles. The van der Waals surface area contributed by atoms with Gasteiger partial charge in [-0.25, -0.2) is 0 Å². The summed E-state index contributed by atoms with van der Waals surface area (Å²) >= 11 is 0. The Morgan fingerprint density at radius 3 is 2.70 bits per heavy atom. The molecule has 0 radical (unpaired) electrons. The predicted molar refractivity (Wildman–Crippen MR) is 63.6 cm³/mol. The summed E-state index contributed by atoms with van der Waals surface area (Å²) < 4.78 is 38.1. The Kier molecular flexibility index (Phi) is 4.01. The minimum atomic E-state index is -4.46. The standard InChI is InChI=1S/C13H14F3NO3/c14-13(15,16)9-3-1-2-8(4-9)11-5-10(19)6-17(11)12(20)7-18/h1-4,10-11,18-19H,5-7H2/t10-,11-/m1/s1. The van der Waals surface area contributed by atoms with Crippen LogP contribution in [0.4, 0.5) is 13.2 Å². The SMILES string of the molecule is O=C(CO)N1C[C@H](O)C[C@@H]1c1cccc(C(F)(F)F)c1. The van der Waals surface area contributed by atoms with Crippen LogP contribution >= 0.6 is 0 Å². The van der Waals surface area contributed by atoms with Crippen molar-refractivity contribution in [2.24, 2.45) is 0 Å². The molecule has 2 atom stereocenters. The molecule has 2 N–H and O–H groups in total. The van der Waals surface area contributed by atoms with Gasteiger partial charge in [0.2, 0.25) is 5.91 Å². The zero-order chi connectivity index (χ0) is 14.9. The van der Waals surface area contributed by atoms with Gasteiger partial charge in [-0.15, -0.1) is 0 Å². The molecule has 1 aromatic carbocycles. The normalized spacial score (nSPS) is 23.1. The van der Waals surface area contributed by atoms with Crippen molar-refractivity contribution < 1.29 is 28.2 Å². The Labute approximate surface area is 113 Å². The summed E-state index contributed by atoms with van der Waals surface area (Å²) in [6.45, 7) is -0.720. The quantitative estimate of drug-likeness (QED) is 0.863. The van der Waals surface area contributed by atoms with E-state index in [0.717, 1.165) is 12.1 Å². The van der Waals surface area contributed by atoms with Crippen LogP contribution in [0.1, 0.15) is 23.6 Å². The van der Waals surface area contributed by atoms with Crippen LogP contribution in [0, 0.1) is 0 Å². The average Bonchev–Trinajstić information content (AvgIpc) is 2.79. The number of benzene rings is 1. The molecule has 1 aliphatic heterocycles. The van der Waals surface area contributed by atoms with Crippen LogP contribution in [-0.2, 0) is 11.0 Å². The van der Waals surface area contributed by atoms with Gasteiger partial charge in [0.25, 0.3) is 0 Å². The van der Waals surface area contributed by atoms with E-state index in [9.17, 15) is 23.1 Å². The van der Waals surface area contributed by atoms with Crippen molar-refractivity contribution >= 4 is 5.91 Å². The fraction of sp³-hybridized carbons (Fsp3) is 0.462. The third kappa shape index (κ3) is 2.94. The van der Waals surface area contributed by atoms with E-state index in [4.69, 9.17) is 5.11 Å². The first-order valence-electron chi connectivity index (χ1n) is 6.08. The summed E-state index contributed by atoms with van der Waals surface area (Å²) in [7, 11) is 0. The highest BCUT2D eigenvalue weighted by Crippen LogP contribution is 2.36. The summed E-state index contributed by atoms with van der Waals surface area (Å²) in [5, 5.41) is 18.5. The van der Waals surface area contributed by atoms with Crippen LogP contribution < -0.4 is 0 Å². The number of rotatable bonds is 2. The summed E-state index contributed by atoms with van der Waals surface area (Å²) in [6.07, 6.45) is -5.10. The van der Waals surface area contributed by atoms with E-state index in [0.29, 0.717) is 5.56 Å². The lowest BCUT2D eigenvalue weighted by atomic mass is 10.0. The number of halogens is 3. The number of aliphatic hydroxyl groups is 2.